The first-order valence-corrected chi connectivity index (χ1v) is 4.40. The Bertz CT molecular complexity index is 249. The largest absolute Gasteiger partial charge is 0.465 e. The second-order valence-corrected chi connectivity index (χ2v) is 4.15. The summed E-state index contributed by atoms with van der Waals surface area (Å²) >= 11 is 0. The summed E-state index contributed by atoms with van der Waals surface area (Å²) in [6.45, 7) is 5.79. The number of ether oxygens (including phenoxy) is 1. The second kappa shape index (κ2) is 3.79. The van der Waals surface area contributed by atoms with E-state index in [1.807, 2.05) is 51.1 Å². The van der Waals surface area contributed by atoms with Crippen molar-refractivity contribution in [2.45, 2.75) is 27.1 Å². The molecule has 0 aliphatic carbocycles. The fraction of sp³-hybridized carbons (Fsp3) is 0.455. The van der Waals surface area contributed by atoms with Gasteiger partial charge in [0.1, 0.15) is 5.75 Å². The summed E-state index contributed by atoms with van der Waals surface area (Å²) in [7, 11) is 0. The third-order valence-corrected chi connectivity index (χ3v) is 1.73. The lowest BCUT2D eigenvalue weighted by atomic mass is 9.96. The first kappa shape index (κ1) is 10.1. The second-order valence-electron chi connectivity index (χ2n) is 4.15. The van der Waals surface area contributed by atoms with Crippen molar-refractivity contribution in [3.63, 3.8) is 0 Å². The highest BCUT2D eigenvalue weighted by Gasteiger charge is 2.23. The maximum absolute atomic E-state index is 9.62. The molecule has 2 nitrogen and oxygen atoms in total. The monoisotopic (exact) mass is 180 g/mol. The summed E-state index contributed by atoms with van der Waals surface area (Å²) in [5, 5.41) is 9.62. The summed E-state index contributed by atoms with van der Waals surface area (Å²) in [6.07, 6.45) is -0.769. The third-order valence-electron chi connectivity index (χ3n) is 1.73. The first-order chi connectivity index (χ1) is 6.00. The zero-order chi connectivity index (χ0) is 9.90. The van der Waals surface area contributed by atoms with Gasteiger partial charge in [-0.05, 0) is 12.1 Å². The molecule has 72 valence electrons. The van der Waals surface area contributed by atoms with Crippen molar-refractivity contribution in [1.29, 1.82) is 0 Å². The minimum absolute atomic E-state index is 0.254. The zero-order valence-electron chi connectivity index (χ0n) is 8.32. The topological polar surface area (TPSA) is 29.5 Å². The van der Waals surface area contributed by atoms with Crippen LogP contribution >= 0.6 is 0 Å². The van der Waals surface area contributed by atoms with Crippen molar-refractivity contribution in [3.05, 3.63) is 30.3 Å². The van der Waals surface area contributed by atoms with Crippen molar-refractivity contribution in [1.82, 2.24) is 0 Å². The minimum atomic E-state index is -0.769. The molecule has 13 heavy (non-hydrogen) atoms. The summed E-state index contributed by atoms with van der Waals surface area (Å²) in [6, 6.07) is 9.33. The number of hydrogen-bond acceptors (Lipinski definition) is 2. The molecule has 0 aliphatic heterocycles. The molecule has 2 heteroatoms. The molecule has 1 aromatic carbocycles. The van der Waals surface area contributed by atoms with Crippen LogP contribution in [0.15, 0.2) is 30.3 Å². The summed E-state index contributed by atoms with van der Waals surface area (Å²) < 4.78 is 5.33. The van der Waals surface area contributed by atoms with Crippen LogP contribution in [0.4, 0.5) is 0 Å². The molecule has 0 heterocycles. The quantitative estimate of drug-likeness (QED) is 0.708. The summed E-state index contributed by atoms with van der Waals surface area (Å²) in [5.41, 5.74) is -0.254. The molecule has 1 rings (SSSR count). The van der Waals surface area contributed by atoms with Gasteiger partial charge in [-0.25, -0.2) is 0 Å². The van der Waals surface area contributed by atoms with Gasteiger partial charge in [0.05, 0.1) is 0 Å². The van der Waals surface area contributed by atoms with Crippen molar-refractivity contribution < 1.29 is 9.84 Å². The van der Waals surface area contributed by atoms with Crippen molar-refractivity contribution >= 4 is 0 Å². The Morgan fingerprint density at radius 1 is 1.15 bits per heavy atom. The molecular formula is C11H16O2. The van der Waals surface area contributed by atoms with Crippen molar-refractivity contribution in [3.8, 4) is 5.75 Å². The lowest BCUT2D eigenvalue weighted by Crippen LogP contribution is -2.31. The van der Waals surface area contributed by atoms with Crippen LogP contribution in [0.2, 0.25) is 0 Å². The van der Waals surface area contributed by atoms with Gasteiger partial charge in [0, 0.05) is 5.41 Å². The molecule has 1 N–H and O–H groups in total. The van der Waals surface area contributed by atoms with Gasteiger partial charge in [-0.1, -0.05) is 39.0 Å². The highest BCUT2D eigenvalue weighted by atomic mass is 16.6. The molecule has 0 saturated heterocycles. The van der Waals surface area contributed by atoms with Gasteiger partial charge in [-0.3, -0.25) is 0 Å². The number of hydrogen-bond donors (Lipinski definition) is 1. The molecule has 0 radical (unpaired) electrons. The maximum Gasteiger partial charge on any atom is 0.202 e. The predicted molar refractivity (Wildman–Crippen MR) is 52.5 cm³/mol. The van der Waals surface area contributed by atoms with Crippen molar-refractivity contribution in [2.75, 3.05) is 0 Å². The average Bonchev–Trinajstić information content (AvgIpc) is 2.04. The van der Waals surface area contributed by atoms with Gasteiger partial charge < -0.3 is 9.84 Å². The van der Waals surface area contributed by atoms with Gasteiger partial charge >= 0.3 is 0 Å². The molecule has 1 atom stereocenters. The SMILES string of the molecule is CC(C)(C)[C@@H](O)Oc1ccccc1. The summed E-state index contributed by atoms with van der Waals surface area (Å²) in [4.78, 5) is 0. The van der Waals surface area contributed by atoms with E-state index in [-0.39, 0.29) is 5.41 Å². The van der Waals surface area contributed by atoms with Gasteiger partial charge in [0.15, 0.2) is 0 Å². The molecule has 0 bridgehead atoms. The Balaban J connectivity index is 2.61. The van der Waals surface area contributed by atoms with E-state index in [1.54, 1.807) is 0 Å². The lowest BCUT2D eigenvalue weighted by Gasteiger charge is -2.26. The Morgan fingerprint density at radius 2 is 1.69 bits per heavy atom. The van der Waals surface area contributed by atoms with E-state index >= 15 is 0 Å². The standard InChI is InChI=1S/C11H16O2/c1-11(2,3)10(12)13-9-7-5-4-6-8-9/h4-8,10,12H,1-3H3/t10-/m0/s1. The molecule has 0 fully saturated rings. The van der Waals surface area contributed by atoms with Crippen LogP contribution in [-0.4, -0.2) is 11.4 Å². The fourth-order valence-electron chi connectivity index (χ4n) is 0.805. The molecule has 0 unspecified atom stereocenters. The highest BCUT2D eigenvalue weighted by molar-refractivity contribution is 5.21. The Kier molecular flexibility index (Phi) is 2.94. The fourth-order valence-corrected chi connectivity index (χ4v) is 0.805. The van der Waals surface area contributed by atoms with Crippen LogP contribution in [-0.2, 0) is 0 Å². The van der Waals surface area contributed by atoms with Crippen LogP contribution < -0.4 is 4.74 Å². The molecule has 0 saturated carbocycles. The number of para-hydroxylation sites is 1. The first-order valence-electron chi connectivity index (χ1n) is 4.40. The minimum Gasteiger partial charge on any atom is -0.465 e. The number of aliphatic hydroxyl groups is 1. The van der Waals surface area contributed by atoms with Crippen LogP contribution in [0.5, 0.6) is 5.75 Å². The zero-order valence-corrected chi connectivity index (χ0v) is 8.32. The van der Waals surface area contributed by atoms with Crippen LogP contribution in [0, 0.1) is 5.41 Å². The Labute approximate surface area is 79.2 Å². The lowest BCUT2D eigenvalue weighted by molar-refractivity contribution is -0.0931. The molecule has 0 amide bonds. The van der Waals surface area contributed by atoms with E-state index in [0.29, 0.717) is 5.75 Å². The normalized spacial score (nSPS) is 13.8. The number of benzene rings is 1. The molecular weight excluding hydrogens is 164 g/mol. The predicted octanol–water partition coefficient (Wildman–Crippen LogP) is 2.43. The van der Waals surface area contributed by atoms with Gasteiger partial charge in [-0.15, -0.1) is 0 Å². The van der Waals surface area contributed by atoms with E-state index in [1.165, 1.54) is 0 Å². The maximum atomic E-state index is 9.62. The van der Waals surface area contributed by atoms with Gasteiger partial charge in [0.25, 0.3) is 0 Å². The molecule has 0 aromatic heterocycles. The van der Waals surface area contributed by atoms with Crippen LogP contribution in [0.1, 0.15) is 20.8 Å². The molecule has 0 aliphatic rings. The Hall–Kier alpha value is -1.02. The van der Waals surface area contributed by atoms with E-state index in [2.05, 4.69) is 0 Å². The Morgan fingerprint density at radius 3 is 2.15 bits per heavy atom. The molecule has 1 aromatic rings. The number of rotatable bonds is 2. The van der Waals surface area contributed by atoms with E-state index in [0.717, 1.165) is 0 Å². The van der Waals surface area contributed by atoms with E-state index in [4.69, 9.17) is 4.74 Å². The average molecular weight is 180 g/mol. The van der Waals surface area contributed by atoms with Crippen LogP contribution in [0.25, 0.3) is 0 Å². The smallest absolute Gasteiger partial charge is 0.202 e. The highest BCUT2D eigenvalue weighted by Crippen LogP contribution is 2.22. The van der Waals surface area contributed by atoms with Crippen LogP contribution in [0.3, 0.4) is 0 Å². The summed E-state index contributed by atoms with van der Waals surface area (Å²) in [5.74, 6) is 0.699. The number of aliphatic hydroxyl groups excluding tert-OH is 1. The van der Waals surface area contributed by atoms with Crippen molar-refractivity contribution in [2.24, 2.45) is 5.41 Å². The van der Waals surface area contributed by atoms with E-state index in [9.17, 15) is 5.11 Å². The third kappa shape index (κ3) is 3.07. The van der Waals surface area contributed by atoms with Gasteiger partial charge in [0.2, 0.25) is 6.29 Å². The van der Waals surface area contributed by atoms with E-state index < -0.39 is 6.29 Å². The van der Waals surface area contributed by atoms with Gasteiger partial charge in [-0.2, -0.15) is 0 Å². The molecule has 0 spiro atoms.